The van der Waals surface area contributed by atoms with E-state index in [0.29, 0.717) is 38.9 Å². The summed E-state index contributed by atoms with van der Waals surface area (Å²) in [5.41, 5.74) is 1.15. The summed E-state index contributed by atoms with van der Waals surface area (Å²) in [6, 6.07) is 10.00. The van der Waals surface area contributed by atoms with Crippen molar-refractivity contribution >= 4 is 45.0 Å². The molecular formula is C20H19BrN4O5. The van der Waals surface area contributed by atoms with E-state index < -0.39 is 5.97 Å². The number of hydrogen-bond donors (Lipinski definition) is 3. The first-order chi connectivity index (χ1) is 14.5. The number of carboxylic acid groups (broad SMARTS) is 1. The van der Waals surface area contributed by atoms with Crippen LogP contribution in [0.2, 0.25) is 0 Å². The van der Waals surface area contributed by atoms with Crippen LogP contribution < -0.4 is 24.8 Å². The Morgan fingerprint density at radius 3 is 2.30 bits per heavy atom. The molecule has 3 N–H and O–H groups in total. The molecule has 0 saturated heterocycles. The summed E-state index contributed by atoms with van der Waals surface area (Å²) < 4.78 is 16.6. The molecule has 0 bridgehead atoms. The number of carboxylic acids is 1. The fourth-order valence-electron chi connectivity index (χ4n) is 2.70. The minimum atomic E-state index is -1.04. The third-order valence-corrected chi connectivity index (χ3v) is 4.66. The lowest BCUT2D eigenvalue weighted by atomic mass is 10.2. The van der Waals surface area contributed by atoms with Crippen LogP contribution in [0.5, 0.6) is 17.2 Å². The Bertz CT molecular complexity index is 1050. The van der Waals surface area contributed by atoms with Gasteiger partial charge in [0.15, 0.2) is 11.5 Å². The Balaban J connectivity index is 1.92. The van der Waals surface area contributed by atoms with Gasteiger partial charge >= 0.3 is 5.97 Å². The predicted molar refractivity (Wildman–Crippen MR) is 116 cm³/mol. The van der Waals surface area contributed by atoms with E-state index in [-0.39, 0.29) is 11.5 Å². The number of ether oxygens (including phenoxy) is 3. The van der Waals surface area contributed by atoms with E-state index in [4.69, 9.17) is 14.2 Å². The Kier molecular flexibility index (Phi) is 6.58. The van der Waals surface area contributed by atoms with Crippen LogP contribution in [0.15, 0.2) is 47.1 Å². The molecule has 0 atom stereocenters. The second-order valence-corrected chi connectivity index (χ2v) is 6.76. The molecule has 2 aromatic carbocycles. The highest BCUT2D eigenvalue weighted by molar-refractivity contribution is 9.10. The summed E-state index contributed by atoms with van der Waals surface area (Å²) in [6.45, 7) is 0. The van der Waals surface area contributed by atoms with Crippen LogP contribution in [-0.2, 0) is 0 Å². The zero-order chi connectivity index (χ0) is 21.7. The average molecular weight is 475 g/mol. The SMILES string of the molecule is COc1cc(Nc2ncc(Br)c(Nc3ccccc3C(=O)O)n2)cc(OC)c1OC. The van der Waals surface area contributed by atoms with Crippen molar-refractivity contribution in [2.45, 2.75) is 0 Å². The van der Waals surface area contributed by atoms with Crippen LogP contribution >= 0.6 is 15.9 Å². The van der Waals surface area contributed by atoms with Gasteiger partial charge in [-0.15, -0.1) is 0 Å². The van der Waals surface area contributed by atoms with E-state index in [1.54, 1.807) is 36.5 Å². The van der Waals surface area contributed by atoms with E-state index in [2.05, 4.69) is 36.5 Å². The predicted octanol–water partition coefficient (Wildman–Crippen LogP) is 4.45. The van der Waals surface area contributed by atoms with Gasteiger partial charge in [0.25, 0.3) is 0 Å². The minimum Gasteiger partial charge on any atom is -0.493 e. The minimum absolute atomic E-state index is 0.127. The smallest absolute Gasteiger partial charge is 0.337 e. The van der Waals surface area contributed by atoms with Gasteiger partial charge in [0, 0.05) is 24.0 Å². The van der Waals surface area contributed by atoms with Crippen LogP contribution in [0.25, 0.3) is 0 Å². The molecule has 3 rings (SSSR count). The first kappa shape index (κ1) is 21.2. The molecule has 156 valence electrons. The number of halogens is 1. The highest BCUT2D eigenvalue weighted by Gasteiger charge is 2.15. The molecule has 10 heteroatoms. The molecule has 0 spiro atoms. The largest absolute Gasteiger partial charge is 0.493 e. The number of nitrogens with one attached hydrogen (secondary N) is 2. The van der Waals surface area contributed by atoms with Gasteiger partial charge in [-0.25, -0.2) is 9.78 Å². The van der Waals surface area contributed by atoms with Gasteiger partial charge in [0.1, 0.15) is 5.82 Å². The first-order valence-corrected chi connectivity index (χ1v) is 9.45. The van der Waals surface area contributed by atoms with E-state index >= 15 is 0 Å². The topological polar surface area (TPSA) is 115 Å². The Hall–Kier alpha value is -3.53. The Labute approximate surface area is 181 Å². The van der Waals surface area contributed by atoms with E-state index in [0.717, 1.165) is 0 Å². The van der Waals surface area contributed by atoms with Crippen molar-refractivity contribution in [2.75, 3.05) is 32.0 Å². The van der Waals surface area contributed by atoms with E-state index in [9.17, 15) is 9.90 Å². The summed E-state index contributed by atoms with van der Waals surface area (Å²) >= 11 is 3.38. The van der Waals surface area contributed by atoms with Crippen molar-refractivity contribution in [1.82, 2.24) is 9.97 Å². The van der Waals surface area contributed by atoms with Gasteiger partial charge in [0.05, 0.1) is 37.1 Å². The Morgan fingerprint density at radius 1 is 1.03 bits per heavy atom. The molecule has 3 aromatic rings. The molecule has 0 unspecified atom stereocenters. The van der Waals surface area contributed by atoms with Crippen LogP contribution in [0.3, 0.4) is 0 Å². The van der Waals surface area contributed by atoms with Crippen molar-refractivity contribution in [2.24, 2.45) is 0 Å². The first-order valence-electron chi connectivity index (χ1n) is 8.65. The number of rotatable bonds is 8. The second kappa shape index (κ2) is 9.31. The molecule has 0 fully saturated rings. The summed E-state index contributed by atoms with van der Waals surface area (Å²) in [5, 5.41) is 15.5. The lowest BCUT2D eigenvalue weighted by Gasteiger charge is -2.15. The van der Waals surface area contributed by atoms with E-state index in [1.807, 2.05) is 0 Å². The van der Waals surface area contributed by atoms with Crippen molar-refractivity contribution in [3.05, 3.63) is 52.6 Å². The average Bonchev–Trinajstić information content (AvgIpc) is 2.75. The maximum absolute atomic E-state index is 11.4. The molecular weight excluding hydrogens is 456 g/mol. The molecule has 0 radical (unpaired) electrons. The maximum atomic E-state index is 11.4. The highest BCUT2D eigenvalue weighted by atomic mass is 79.9. The number of aromatic nitrogens is 2. The number of benzene rings is 2. The number of anilines is 4. The molecule has 0 amide bonds. The summed E-state index contributed by atoms with van der Waals surface area (Å²) in [6.07, 6.45) is 1.55. The van der Waals surface area contributed by atoms with E-state index in [1.165, 1.54) is 27.4 Å². The maximum Gasteiger partial charge on any atom is 0.337 e. The lowest BCUT2D eigenvalue weighted by molar-refractivity contribution is 0.0698. The fourth-order valence-corrected chi connectivity index (χ4v) is 2.99. The van der Waals surface area contributed by atoms with Crippen LogP contribution in [0.1, 0.15) is 10.4 Å². The number of carbonyl (C=O) groups is 1. The van der Waals surface area contributed by atoms with Gasteiger partial charge in [-0.1, -0.05) is 12.1 Å². The second-order valence-electron chi connectivity index (χ2n) is 5.90. The molecule has 0 aliphatic heterocycles. The van der Waals surface area contributed by atoms with Crippen LogP contribution in [0, 0.1) is 0 Å². The van der Waals surface area contributed by atoms with Gasteiger partial charge in [-0.3, -0.25) is 0 Å². The number of para-hydroxylation sites is 1. The Morgan fingerprint density at radius 2 is 1.70 bits per heavy atom. The van der Waals surface area contributed by atoms with Crippen molar-refractivity contribution in [3.8, 4) is 17.2 Å². The van der Waals surface area contributed by atoms with Gasteiger partial charge in [-0.2, -0.15) is 4.98 Å². The molecule has 30 heavy (non-hydrogen) atoms. The molecule has 1 aromatic heterocycles. The van der Waals surface area contributed by atoms with Crippen molar-refractivity contribution in [3.63, 3.8) is 0 Å². The summed E-state index contributed by atoms with van der Waals surface area (Å²) in [5.74, 6) is 1.06. The quantitative estimate of drug-likeness (QED) is 0.435. The third kappa shape index (κ3) is 4.54. The lowest BCUT2D eigenvalue weighted by Crippen LogP contribution is -2.06. The highest BCUT2D eigenvalue weighted by Crippen LogP contribution is 2.40. The van der Waals surface area contributed by atoms with Crippen LogP contribution in [-0.4, -0.2) is 42.4 Å². The normalized spacial score (nSPS) is 10.3. The van der Waals surface area contributed by atoms with Gasteiger partial charge in [-0.05, 0) is 28.1 Å². The number of aromatic carboxylic acids is 1. The summed E-state index contributed by atoms with van der Waals surface area (Å²) in [7, 11) is 4.58. The zero-order valence-corrected chi connectivity index (χ0v) is 18.0. The van der Waals surface area contributed by atoms with Gasteiger partial charge in [0.2, 0.25) is 11.7 Å². The monoisotopic (exact) mass is 474 g/mol. The number of nitrogens with zero attached hydrogens (tertiary/aromatic N) is 2. The van der Waals surface area contributed by atoms with Gasteiger partial charge < -0.3 is 30.0 Å². The molecule has 0 aliphatic carbocycles. The van der Waals surface area contributed by atoms with Crippen molar-refractivity contribution < 1.29 is 24.1 Å². The molecule has 1 heterocycles. The number of methoxy groups -OCH3 is 3. The zero-order valence-electron chi connectivity index (χ0n) is 16.4. The van der Waals surface area contributed by atoms with Crippen molar-refractivity contribution in [1.29, 1.82) is 0 Å². The molecule has 9 nitrogen and oxygen atoms in total. The van der Waals surface area contributed by atoms with Crippen LogP contribution in [0.4, 0.5) is 23.1 Å². The number of hydrogen-bond acceptors (Lipinski definition) is 8. The molecule has 0 aliphatic rings. The third-order valence-electron chi connectivity index (χ3n) is 4.08. The summed E-state index contributed by atoms with van der Waals surface area (Å²) in [4.78, 5) is 20.1. The standard InChI is InChI=1S/C20H19BrN4O5/c1-28-15-8-11(9-16(29-2)17(15)30-3)23-20-22-10-13(21)18(25-20)24-14-7-5-4-6-12(14)19(26)27/h4-10H,1-3H3,(H,26,27)(H2,22,23,24,25). The molecule has 0 saturated carbocycles. The fraction of sp³-hybridized carbons (Fsp3) is 0.150.